The number of aromatic nitrogens is 3. The van der Waals surface area contributed by atoms with E-state index in [9.17, 15) is 9.90 Å². The number of nitrogens with two attached hydrogens (primary N) is 1. The highest BCUT2D eigenvalue weighted by atomic mass is 16.3. The Bertz CT molecular complexity index is 1230. The summed E-state index contributed by atoms with van der Waals surface area (Å²) in [6, 6.07) is 9.40. The molecule has 1 atom stereocenters. The largest absolute Gasteiger partial charge is 0.382 e. The maximum Gasteiger partial charge on any atom is 0.267 e. The molecule has 1 fully saturated rings. The maximum atomic E-state index is 12.1. The summed E-state index contributed by atoms with van der Waals surface area (Å²) in [7, 11) is 7.39. The van der Waals surface area contributed by atoms with Gasteiger partial charge in [0, 0.05) is 31.1 Å². The first-order chi connectivity index (χ1) is 14.3. The van der Waals surface area contributed by atoms with Crippen molar-refractivity contribution in [2.75, 3.05) is 19.3 Å². The Labute approximate surface area is 175 Å². The predicted octanol–water partition coefficient (Wildman–Crippen LogP) is 0.575. The number of likely N-dealkylation sites (tertiary alicyclic amines) is 1. The van der Waals surface area contributed by atoms with E-state index in [0.717, 1.165) is 17.5 Å². The van der Waals surface area contributed by atoms with Gasteiger partial charge in [-0.3, -0.25) is 4.79 Å². The predicted molar refractivity (Wildman–Crippen MR) is 116 cm³/mol. The zero-order valence-electron chi connectivity index (χ0n) is 16.8. The second-order valence-electron chi connectivity index (χ2n) is 7.35. The van der Waals surface area contributed by atoms with E-state index in [4.69, 9.17) is 13.6 Å². The third kappa shape index (κ3) is 3.48. The zero-order chi connectivity index (χ0) is 21.5. The smallest absolute Gasteiger partial charge is 0.267 e. The fraction of sp³-hybridized carbons (Fsp3) is 0.273. The first-order valence-corrected chi connectivity index (χ1v) is 9.65. The van der Waals surface area contributed by atoms with Gasteiger partial charge >= 0.3 is 0 Å². The van der Waals surface area contributed by atoms with Crippen molar-refractivity contribution in [2.24, 2.45) is 0 Å². The number of aryl methyl sites for hydroxylation is 1. The fourth-order valence-corrected chi connectivity index (χ4v) is 3.53. The van der Waals surface area contributed by atoms with Crippen molar-refractivity contribution in [3.05, 3.63) is 41.5 Å². The van der Waals surface area contributed by atoms with Crippen molar-refractivity contribution in [1.29, 1.82) is 0 Å². The number of anilines is 1. The lowest BCUT2D eigenvalue weighted by molar-refractivity contribution is -0.137. The first kappa shape index (κ1) is 19.9. The van der Waals surface area contributed by atoms with Gasteiger partial charge in [-0.15, -0.1) is 0 Å². The summed E-state index contributed by atoms with van der Waals surface area (Å²) in [6.07, 6.45) is 1.02. The Morgan fingerprint density at radius 1 is 1.27 bits per heavy atom. The van der Waals surface area contributed by atoms with Crippen molar-refractivity contribution in [3.8, 4) is 23.1 Å². The number of hydrogen-bond acceptors (Lipinski definition) is 6. The molecule has 4 rings (SSSR count). The lowest BCUT2D eigenvalue weighted by atomic mass is 10.0. The van der Waals surface area contributed by atoms with Crippen LogP contribution in [0.15, 0.2) is 30.3 Å². The van der Waals surface area contributed by atoms with E-state index in [1.54, 1.807) is 7.05 Å². The third-order valence-electron chi connectivity index (χ3n) is 5.24. The molecule has 2 radical (unpaired) electrons. The lowest BCUT2D eigenvalue weighted by Gasteiger charge is -2.13. The summed E-state index contributed by atoms with van der Waals surface area (Å²) in [5.74, 6) is 5.53. The molecule has 3 heterocycles. The molecule has 3 N–H and O–H groups in total. The molecule has 0 bridgehead atoms. The topological polar surface area (TPSA) is 105 Å². The number of carbonyl (C=O) groups is 1. The van der Waals surface area contributed by atoms with Crippen molar-refractivity contribution < 1.29 is 9.90 Å². The van der Waals surface area contributed by atoms with Crippen LogP contribution in [0.25, 0.3) is 22.3 Å². The second kappa shape index (κ2) is 7.43. The van der Waals surface area contributed by atoms with Crippen LogP contribution in [0.2, 0.25) is 0 Å². The fourth-order valence-electron chi connectivity index (χ4n) is 3.53. The Kier molecular flexibility index (Phi) is 4.92. The molecule has 0 aliphatic carbocycles. The van der Waals surface area contributed by atoms with Crippen LogP contribution in [-0.2, 0) is 11.2 Å². The van der Waals surface area contributed by atoms with Crippen LogP contribution in [0.5, 0.6) is 0 Å². The van der Waals surface area contributed by atoms with E-state index < -0.39 is 5.60 Å². The Hall–Kier alpha value is -3.44. The van der Waals surface area contributed by atoms with Gasteiger partial charge in [-0.05, 0) is 30.2 Å². The van der Waals surface area contributed by atoms with Gasteiger partial charge in [0.05, 0.1) is 16.9 Å². The van der Waals surface area contributed by atoms with E-state index >= 15 is 0 Å². The quantitative estimate of drug-likeness (QED) is 0.484. The van der Waals surface area contributed by atoms with Gasteiger partial charge in [-0.2, -0.15) is 0 Å². The normalized spacial score (nSPS) is 18.5. The van der Waals surface area contributed by atoms with Crippen LogP contribution >= 0.6 is 0 Å². The minimum atomic E-state index is -1.63. The number of fused-ring (bicyclic) bond motifs is 1. The minimum Gasteiger partial charge on any atom is -0.382 e. The molecule has 1 aliphatic heterocycles. The number of amides is 1. The highest BCUT2D eigenvalue weighted by Gasteiger charge is 2.42. The number of carbonyl (C=O) groups excluding carboxylic acids is 1. The number of nitrogens with zero attached hydrogens (tertiary/aromatic N) is 4. The molecule has 7 nitrogen and oxygen atoms in total. The molecule has 148 valence electrons. The van der Waals surface area contributed by atoms with Gasteiger partial charge in [0.15, 0.2) is 13.7 Å². The van der Waals surface area contributed by atoms with Gasteiger partial charge in [0.1, 0.15) is 5.52 Å². The third-order valence-corrected chi connectivity index (χ3v) is 5.24. The van der Waals surface area contributed by atoms with Crippen molar-refractivity contribution in [2.45, 2.75) is 25.4 Å². The number of pyridine rings is 1. The van der Waals surface area contributed by atoms with Crippen LogP contribution in [0, 0.1) is 11.8 Å². The highest BCUT2D eigenvalue weighted by molar-refractivity contribution is 6.29. The standard InChI is InChI=1S/C22H20BN5O2/c1-3-14-12-16(25-18-17(14)26-21(23)27-19(18)24)15-6-4-5-13(11-15)7-8-22(30)9-10-28(2)20(22)29/h4-6,11-12,30H,3,9-10H2,1-2H3,(H2,24,26,27)/t22-/m0/s1. The number of nitrogen functional groups attached to an aromatic ring is 1. The molecule has 1 saturated heterocycles. The van der Waals surface area contributed by atoms with E-state index in [0.29, 0.717) is 35.3 Å². The molecule has 1 aromatic carbocycles. The molecular formula is C22H20BN5O2. The summed E-state index contributed by atoms with van der Waals surface area (Å²) in [4.78, 5) is 26.6. The van der Waals surface area contributed by atoms with E-state index in [1.807, 2.05) is 37.3 Å². The number of benzene rings is 1. The monoisotopic (exact) mass is 397 g/mol. The van der Waals surface area contributed by atoms with E-state index in [-0.39, 0.29) is 17.4 Å². The minimum absolute atomic E-state index is 0.117. The summed E-state index contributed by atoms with van der Waals surface area (Å²) in [5.41, 5.74) is 8.84. The van der Waals surface area contributed by atoms with Gasteiger partial charge < -0.3 is 15.7 Å². The molecule has 8 heteroatoms. The number of rotatable bonds is 2. The Balaban J connectivity index is 1.76. The average Bonchev–Trinajstić information content (AvgIpc) is 3.00. The molecule has 30 heavy (non-hydrogen) atoms. The van der Waals surface area contributed by atoms with E-state index in [1.165, 1.54) is 4.90 Å². The summed E-state index contributed by atoms with van der Waals surface area (Å²) < 4.78 is 0. The highest BCUT2D eigenvalue weighted by Crippen LogP contribution is 2.26. The first-order valence-electron chi connectivity index (χ1n) is 9.65. The zero-order valence-corrected chi connectivity index (χ0v) is 16.8. The number of likely N-dealkylation sites (N-methyl/N-ethyl adjacent to an activating group) is 1. The second-order valence-corrected chi connectivity index (χ2v) is 7.35. The van der Waals surface area contributed by atoms with Gasteiger partial charge in [0.2, 0.25) is 5.60 Å². The number of aliphatic hydroxyl groups is 1. The van der Waals surface area contributed by atoms with Gasteiger partial charge in [-0.25, -0.2) is 15.0 Å². The van der Waals surface area contributed by atoms with Gasteiger partial charge in [-0.1, -0.05) is 30.9 Å². The van der Waals surface area contributed by atoms with Crippen LogP contribution in [0.4, 0.5) is 5.82 Å². The Morgan fingerprint density at radius 3 is 2.77 bits per heavy atom. The van der Waals surface area contributed by atoms with Crippen LogP contribution in [0.3, 0.4) is 0 Å². The average molecular weight is 397 g/mol. The molecule has 0 spiro atoms. The molecule has 1 amide bonds. The molecule has 1 aliphatic rings. The molecule has 0 unspecified atom stereocenters. The van der Waals surface area contributed by atoms with Crippen LogP contribution in [-0.4, -0.2) is 57.9 Å². The lowest BCUT2D eigenvalue weighted by Crippen LogP contribution is -2.37. The van der Waals surface area contributed by atoms with Crippen LogP contribution in [0.1, 0.15) is 24.5 Å². The summed E-state index contributed by atoms with van der Waals surface area (Å²) >= 11 is 0. The molecule has 2 aromatic heterocycles. The maximum absolute atomic E-state index is 12.1. The number of hydrogen-bond donors (Lipinski definition) is 2. The SMILES string of the molecule is [B]c1nc(N)c2nc(-c3cccc(C#C[C@]4(O)CCN(C)C4=O)c3)cc(CC)c2n1. The van der Waals surface area contributed by atoms with Gasteiger partial charge in [0.25, 0.3) is 5.91 Å². The van der Waals surface area contributed by atoms with E-state index in [2.05, 4.69) is 26.8 Å². The molecule has 0 saturated carbocycles. The molecule has 3 aromatic rings. The van der Waals surface area contributed by atoms with Crippen LogP contribution < -0.4 is 11.5 Å². The Morgan fingerprint density at radius 2 is 2.07 bits per heavy atom. The summed E-state index contributed by atoms with van der Waals surface area (Å²) in [6.45, 7) is 2.50. The molecular weight excluding hydrogens is 377 g/mol. The van der Waals surface area contributed by atoms with Crippen molar-refractivity contribution in [3.63, 3.8) is 0 Å². The summed E-state index contributed by atoms with van der Waals surface area (Å²) in [5, 5.41) is 10.5. The van der Waals surface area contributed by atoms with Crippen molar-refractivity contribution >= 4 is 36.3 Å². The van der Waals surface area contributed by atoms with Crippen molar-refractivity contribution in [1.82, 2.24) is 19.9 Å².